The molecule has 88 valence electrons. The van der Waals surface area contributed by atoms with Crippen molar-refractivity contribution in [3.05, 3.63) is 36.3 Å². The molecule has 0 aliphatic heterocycles. The van der Waals surface area contributed by atoms with Gasteiger partial charge >= 0.3 is 0 Å². The van der Waals surface area contributed by atoms with Gasteiger partial charge in [-0.05, 0) is 18.2 Å². The molecule has 0 spiro atoms. The summed E-state index contributed by atoms with van der Waals surface area (Å²) in [6.07, 6.45) is 2.15. The molecule has 0 radical (unpaired) electrons. The van der Waals surface area contributed by atoms with Gasteiger partial charge in [0.15, 0.2) is 12.0 Å². The summed E-state index contributed by atoms with van der Waals surface area (Å²) in [5.41, 5.74) is 1.50. The van der Waals surface area contributed by atoms with Crippen LogP contribution < -0.4 is 9.47 Å². The summed E-state index contributed by atoms with van der Waals surface area (Å²) in [6.45, 7) is 0. The number of hydrogen-bond donors (Lipinski definition) is 0. The minimum Gasteiger partial charge on any atom is -0.497 e. The monoisotopic (exact) mass is 232 g/mol. The molecule has 4 heteroatoms. The Bertz CT molecular complexity index is 528. The predicted octanol–water partition coefficient (Wildman–Crippen LogP) is 2.78. The van der Waals surface area contributed by atoms with Crippen LogP contribution in [0.4, 0.5) is 0 Å². The average molecular weight is 232 g/mol. The lowest BCUT2D eigenvalue weighted by atomic mass is 10.1. The van der Waals surface area contributed by atoms with Gasteiger partial charge < -0.3 is 13.9 Å². The average Bonchev–Trinajstić information content (AvgIpc) is 2.85. The number of benzene rings is 1. The molecular weight excluding hydrogens is 220 g/mol. The third-order valence-corrected chi connectivity index (χ3v) is 2.50. The molecule has 0 aliphatic carbocycles. The molecule has 0 saturated heterocycles. The summed E-state index contributed by atoms with van der Waals surface area (Å²) >= 11 is 0. The highest BCUT2D eigenvalue weighted by molar-refractivity contribution is 5.86. The van der Waals surface area contributed by atoms with Gasteiger partial charge in [0, 0.05) is 17.2 Å². The first-order chi connectivity index (χ1) is 8.30. The van der Waals surface area contributed by atoms with Gasteiger partial charge in [-0.3, -0.25) is 4.79 Å². The van der Waals surface area contributed by atoms with Crippen molar-refractivity contribution in [1.82, 2.24) is 0 Å². The summed E-state index contributed by atoms with van der Waals surface area (Å²) in [7, 11) is 3.15. The number of carbonyl (C=O) groups is 1. The first-order valence-corrected chi connectivity index (χ1v) is 5.05. The van der Waals surface area contributed by atoms with Gasteiger partial charge in [0.2, 0.25) is 0 Å². The minimum atomic E-state index is 0.286. The molecule has 0 saturated carbocycles. The normalized spacial score (nSPS) is 10.0. The Morgan fingerprint density at radius 2 is 1.94 bits per heavy atom. The molecule has 2 aromatic rings. The fourth-order valence-electron chi connectivity index (χ4n) is 1.66. The highest BCUT2D eigenvalue weighted by Crippen LogP contribution is 2.35. The van der Waals surface area contributed by atoms with Crippen LogP contribution >= 0.6 is 0 Å². The Hall–Kier alpha value is -2.23. The van der Waals surface area contributed by atoms with Crippen LogP contribution in [0, 0.1) is 0 Å². The molecule has 0 fully saturated rings. The van der Waals surface area contributed by atoms with E-state index in [4.69, 9.17) is 13.9 Å². The number of hydrogen-bond acceptors (Lipinski definition) is 4. The third kappa shape index (κ3) is 2.01. The van der Waals surface area contributed by atoms with Crippen LogP contribution in [-0.2, 0) is 0 Å². The number of aldehydes is 1. The van der Waals surface area contributed by atoms with E-state index in [1.807, 2.05) is 6.07 Å². The molecule has 0 unspecified atom stereocenters. The number of rotatable bonds is 4. The van der Waals surface area contributed by atoms with Crippen LogP contribution in [0.15, 0.2) is 34.9 Å². The molecule has 0 aliphatic rings. The summed E-state index contributed by atoms with van der Waals surface area (Å²) in [4.78, 5) is 10.8. The van der Waals surface area contributed by atoms with E-state index < -0.39 is 0 Å². The molecule has 0 bridgehead atoms. The molecule has 1 aromatic carbocycles. The zero-order valence-corrected chi connectivity index (χ0v) is 9.60. The SMILES string of the molecule is COc1ccc(-c2ccoc2C=O)c(OC)c1. The Morgan fingerprint density at radius 1 is 1.12 bits per heavy atom. The van der Waals surface area contributed by atoms with E-state index in [-0.39, 0.29) is 5.76 Å². The second kappa shape index (κ2) is 4.74. The Morgan fingerprint density at radius 3 is 2.59 bits per heavy atom. The fourth-order valence-corrected chi connectivity index (χ4v) is 1.66. The van der Waals surface area contributed by atoms with Gasteiger partial charge in [-0.1, -0.05) is 0 Å². The van der Waals surface area contributed by atoms with Gasteiger partial charge in [-0.2, -0.15) is 0 Å². The van der Waals surface area contributed by atoms with E-state index in [1.54, 1.807) is 32.4 Å². The van der Waals surface area contributed by atoms with Crippen molar-refractivity contribution in [3.63, 3.8) is 0 Å². The Balaban J connectivity index is 2.55. The summed E-state index contributed by atoms with van der Waals surface area (Å²) in [6, 6.07) is 7.12. The number of carbonyl (C=O) groups excluding carboxylic acids is 1. The van der Waals surface area contributed by atoms with E-state index in [9.17, 15) is 4.79 Å². The molecule has 0 atom stereocenters. The summed E-state index contributed by atoms with van der Waals surface area (Å²) < 4.78 is 15.5. The summed E-state index contributed by atoms with van der Waals surface area (Å²) in [5, 5.41) is 0. The zero-order valence-electron chi connectivity index (χ0n) is 9.60. The van der Waals surface area contributed by atoms with Crippen molar-refractivity contribution in [2.75, 3.05) is 14.2 Å². The Labute approximate surface area is 98.8 Å². The molecule has 1 heterocycles. The van der Waals surface area contributed by atoms with Crippen LogP contribution in [0.3, 0.4) is 0 Å². The van der Waals surface area contributed by atoms with Crippen molar-refractivity contribution >= 4 is 6.29 Å². The molecule has 17 heavy (non-hydrogen) atoms. The fraction of sp³-hybridized carbons (Fsp3) is 0.154. The van der Waals surface area contributed by atoms with E-state index in [0.717, 1.165) is 5.56 Å². The smallest absolute Gasteiger partial charge is 0.185 e. The predicted molar refractivity (Wildman–Crippen MR) is 62.6 cm³/mol. The second-order valence-corrected chi connectivity index (χ2v) is 3.38. The van der Waals surface area contributed by atoms with Gasteiger partial charge in [0.05, 0.1) is 20.5 Å². The van der Waals surface area contributed by atoms with Crippen molar-refractivity contribution in [3.8, 4) is 22.6 Å². The van der Waals surface area contributed by atoms with Gasteiger partial charge in [0.25, 0.3) is 0 Å². The molecular formula is C13H12O4. The topological polar surface area (TPSA) is 48.7 Å². The Kier molecular flexibility index (Phi) is 3.14. The van der Waals surface area contributed by atoms with Crippen molar-refractivity contribution in [2.24, 2.45) is 0 Å². The van der Waals surface area contributed by atoms with Crippen molar-refractivity contribution in [2.45, 2.75) is 0 Å². The first-order valence-electron chi connectivity index (χ1n) is 5.05. The second-order valence-electron chi connectivity index (χ2n) is 3.38. The van der Waals surface area contributed by atoms with Crippen LogP contribution in [0.2, 0.25) is 0 Å². The quantitative estimate of drug-likeness (QED) is 0.760. The maximum Gasteiger partial charge on any atom is 0.185 e. The molecule has 2 rings (SSSR count). The van der Waals surface area contributed by atoms with Crippen LogP contribution in [0.25, 0.3) is 11.1 Å². The van der Waals surface area contributed by atoms with Crippen molar-refractivity contribution in [1.29, 1.82) is 0 Å². The van der Waals surface area contributed by atoms with Crippen molar-refractivity contribution < 1.29 is 18.7 Å². The van der Waals surface area contributed by atoms with Crippen LogP contribution in [0.1, 0.15) is 10.6 Å². The molecule has 0 N–H and O–H groups in total. The van der Waals surface area contributed by atoms with Gasteiger partial charge in [-0.25, -0.2) is 0 Å². The lowest BCUT2D eigenvalue weighted by molar-refractivity contribution is 0.110. The van der Waals surface area contributed by atoms with Gasteiger partial charge in [0.1, 0.15) is 11.5 Å². The lowest BCUT2D eigenvalue weighted by Gasteiger charge is -2.09. The van der Waals surface area contributed by atoms with E-state index in [2.05, 4.69) is 0 Å². The molecule has 0 amide bonds. The first kappa shape index (κ1) is 11.3. The highest BCUT2D eigenvalue weighted by Gasteiger charge is 2.13. The van der Waals surface area contributed by atoms with E-state index in [0.29, 0.717) is 23.3 Å². The summed E-state index contributed by atoms with van der Waals surface area (Å²) in [5.74, 6) is 1.61. The largest absolute Gasteiger partial charge is 0.497 e. The van der Waals surface area contributed by atoms with E-state index in [1.165, 1.54) is 6.26 Å². The molecule has 4 nitrogen and oxygen atoms in total. The highest BCUT2D eigenvalue weighted by atomic mass is 16.5. The lowest BCUT2D eigenvalue weighted by Crippen LogP contribution is -1.91. The standard InChI is InChI=1S/C13H12O4/c1-15-9-3-4-10(12(7-9)16-2)11-5-6-17-13(11)8-14/h3-8H,1-2H3. The van der Waals surface area contributed by atoms with Crippen LogP contribution in [0.5, 0.6) is 11.5 Å². The maximum atomic E-state index is 10.8. The number of ether oxygens (including phenoxy) is 2. The third-order valence-electron chi connectivity index (χ3n) is 2.50. The van der Waals surface area contributed by atoms with Crippen LogP contribution in [-0.4, -0.2) is 20.5 Å². The van der Waals surface area contributed by atoms with E-state index >= 15 is 0 Å². The maximum absolute atomic E-state index is 10.8. The number of furan rings is 1. The van der Waals surface area contributed by atoms with Gasteiger partial charge in [-0.15, -0.1) is 0 Å². The minimum absolute atomic E-state index is 0.286. The number of methoxy groups -OCH3 is 2. The zero-order chi connectivity index (χ0) is 12.3. The molecule has 1 aromatic heterocycles.